The van der Waals surface area contributed by atoms with Crippen molar-refractivity contribution in [2.75, 3.05) is 12.8 Å². The summed E-state index contributed by atoms with van der Waals surface area (Å²) in [6.45, 7) is 0. The van der Waals surface area contributed by atoms with Crippen molar-refractivity contribution in [3.8, 4) is 0 Å². The molecule has 0 aliphatic heterocycles. The summed E-state index contributed by atoms with van der Waals surface area (Å²) in [7, 11) is -3.41. The number of carbonyl (C=O) groups is 1. The second kappa shape index (κ2) is 6.81. The number of para-hydroxylation sites is 1. The number of rotatable bonds is 2. The van der Waals surface area contributed by atoms with E-state index in [9.17, 15) is 4.79 Å². The molecule has 0 unspecified atom stereocenters. The van der Waals surface area contributed by atoms with Crippen molar-refractivity contribution in [2.24, 2.45) is 0 Å². The van der Waals surface area contributed by atoms with E-state index in [1.165, 1.54) is 7.11 Å². The second-order valence-electron chi connectivity index (χ2n) is 2.57. The van der Waals surface area contributed by atoms with Gasteiger partial charge in [-0.25, -0.2) is 4.79 Å². The molecule has 0 aliphatic carbocycles. The highest BCUT2D eigenvalue weighted by atomic mass is 32.3. The van der Waals surface area contributed by atoms with E-state index in [1.807, 2.05) is 0 Å². The normalized spacial score (nSPS) is 10.1. The molecular formula is C8H11NO7S. The molecule has 0 amide bonds. The number of hydrogen-bond donors (Lipinski definition) is 3. The quantitative estimate of drug-likeness (QED) is 0.301. The highest BCUT2D eigenvalue weighted by molar-refractivity contribution is 7.79. The summed E-state index contributed by atoms with van der Waals surface area (Å²) in [5.74, 6) is -0.587. The van der Waals surface area contributed by atoms with Crippen LogP contribution in [0.3, 0.4) is 0 Å². The van der Waals surface area contributed by atoms with Crippen LogP contribution in [-0.4, -0.2) is 30.6 Å². The zero-order valence-electron chi connectivity index (χ0n) is 8.73. The maximum Gasteiger partial charge on any atom is 0.394 e. The second-order valence-corrected chi connectivity index (χ2v) is 3.47. The Kier molecular flexibility index (Phi) is 6.13. The van der Waals surface area contributed by atoms with Crippen LogP contribution in [0.4, 0.5) is 5.69 Å². The standard InChI is InChI=1S/C8H9NO3.H2O4S/c1-11-12-8(10)6-4-2-3-5-7(6)9;1-5(2,3)4/h2-5H,9H2,1H3;(H2,1,2,3,4). The Hall–Kier alpha value is -1.68. The maximum absolute atomic E-state index is 11.0. The number of anilines is 1. The summed E-state index contributed by atoms with van der Waals surface area (Å²) in [5.41, 5.74) is 6.17. The first kappa shape index (κ1) is 15.3. The average molecular weight is 265 g/mol. The summed E-state index contributed by atoms with van der Waals surface area (Å²) < 4.78 is 31.6. The van der Waals surface area contributed by atoms with E-state index in [0.717, 1.165) is 0 Å². The third kappa shape index (κ3) is 8.16. The Morgan fingerprint density at radius 3 is 2.18 bits per heavy atom. The molecule has 0 heterocycles. The third-order valence-electron chi connectivity index (χ3n) is 1.34. The van der Waals surface area contributed by atoms with Gasteiger partial charge in [-0.3, -0.25) is 14.0 Å². The number of benzene rings is 1. The molecule has 0 atom stereocenters. The van der Waals surface area contributed by atoms with Crippen molar-refractivity contribution in [1.82, 2.24) is 0 Å². The van der Waals surface area contributed by atoms with Crippen LogP contribution < -0.4 is 5.73 Å². The Bertz CT molecular complexity index is 463. The number of nitrogen functional groups attached to an aromatic ring is 1. The summed E-state index contributed by atoms with van der Waals surface area (Å²) in [6.07, 6.45) is 0. The van der Waals surface area contributed by atoms with Crippen LogP contribution in [0.15, 0.2) is 24.3 Å². The van der Waals surface area contributed by atoms with Crippen LogP contribution >= 0.6 is 0 Å². The monoisotopic (exact) mass is 265 g/mol. The summed E-state index contributed by atoms with van der Waals surface area (Å²) in [6, 6.07) is 6.62. The molecule has 1 rings (SSSR count). The minimum atomic E-state index is -4.67. The van der Waals surface area contributed by atoms with E-state index in [1.54, 1.807) is 24.3 Å². The fourth-order valence-electron chi connectivity index (χ4n) is 0.803. The van der Waals surface area contributed by atoms with Crippen LogP contribution in [-0.2, 0) is 20.2 Å². The predicted octanol–water partition coefficient (Wildman–Crippen LogP) is 0.334. The molecule has 0 saturated carbocycles. The summed E-state index contributed by atoms with van der Waals surface area (Å²) in [5, 5.41) is 0. The van der Waals surface area contributed by atoms with Gasteiger partial charge in [0.2, 0.25) is 0 Å². The van der Waals surface area contributed by atoms with Gasteiger partial charge in [-0.1, -0.05) is 12.1 Å². The van der Waals surface area contributed by atoms with Crippen molar-refractivity contribution in [3.05, 3.63) is 29.8 Å². The van der Waals surface area contributed by atoms with Crippen molar-refractivity contribution in [2.45, 2.75) is 0 Å². The topological polar surface area (TPSA) is 136 Å². The van der Waals surface area contributed by atoms with Gasteiger partial charge < -0.3 is 5.73 Å². The van der Waals surface area contributed by atoms with E-state index < -0.39 is 16.4 Å². The van der Waals surface area contributed by atoms with Crippen LogP contribution in [0.25, 0.3) is 0 Å². The highest BCUT2D eigenvalue weighted by Gasteiger charge is 2.09. The lowest BCUT2D eigenvalue weighted by Crippen LogP contribution is -2.06. The minimum absolute atomic E-state index is 0.305. The third-order valence-corrected chi connectivity index (χ3v) is 1.34. The molecule has 0 aliphatic rings. The lowest BCUT2D eigenvalue weighted by Gasteiger charge is -2.01. The van der Waals surface area contributed by atoms with E-state index in [4.69, 9.17) is 23.3 Å². The maximum atomic E-state index is 11.0. The Balaban J connectivity index is 0.000000437. The first-order chi connectivity index (χ1) is 7.75. The van der Waals surface area contributed by atoms with E-state index in [-0.39, 0.29) is 0 Å². The van der Waals surface area contributed by atoms with Gasteiger partial charge in [0.15, 0.2) is 0 Å². The molecule has 0 bridgehead atoms. The Morgan fingerprint density at radius 1 is 1.29 bits per heavy atom. The summed E-state index contributed by atoms with van der Waals surface area (Å²) >= 11 is 0. The SMILES string of the molecule is COOC(=O)c1ccccc1N.O=S(=O)(O)O. The van der Waals surface area contributed by atoms with Crippen molar-refractivity contribution in [3.63, 3.8) is 0 Å². The van der Waals surface area contributed by atoms with Gasteiger partial charge in [0.1, 0.15) is 0 Å². The van der Waals surface area contributed by atoms with Gasteiger partial charge in [-0.05, 0) is 12.1 Å². The molecule has 8 nitrogen and oxygen atoms in total. The zero-order valence-corrected chi connectivity index (χ0v) is 9.55. The van der Waals surface area contributed by atoms with Crippen LogP contribution in [0.5, 0.6) is 0 Å². The van der Waals surface area contributed by atoms with Crippen molar-refractivity contribution >= 4 is 22.1 Å². The Morgan fingerprint density at radius 2 is 1.76 bits per heavy atom. The molecule has 9 heteroatoms. The molecule has 4 N–H and O–H groups in total. The molecule has 1 aromatic rings. The van der Waals surface area contributed by atoms with E-state index in [2.05, 4.69) is 9.78 Å². The fraction of sp³-hybridized carbons (Fsp3) is 0.125. The highest BCUT2D eigenvalue weighted by Crippen LogP contribution is 2.11. The molecule has 0 saturated heterocycles. The molecule has 1 aromatic carbocycles. The van der Waals surface area contributed by atoms with Gasteiger partial charge in [-0.15, -0.1) is 0 Å². The predicted molar refractivity (Wildman–Crippen MR) is 57.5 cm³/mol. The number of carbonyl (C=O) groups excluding carboxylic acids is 1. The van der Waals surface area contributed by atoms with E-state index in [0.29, 0.717) is 11.3 Å². The molecular weight excluding hydrogens is 254 g/mol. The molecule has 0 spiro atoms. The summed E-state index contributed by atoms with van der Waals surface area (Å²) in [4.78, 5) is 19.5. The lowest BCUT2D eigenvalue weighted by molar-refractivity contribution is -0.216. The van der Waals surface area contributed by atoms with Crippen LogP contribution in [0.1, 0.15) is 10.4 Å². The van der Waals surface area contributed by atoms with Crippen molar-refractivity contribution < 1.29 is 32.1 Å². The molecule has 0 fully saturated rings. The average Bonchev–Trinajstić information content (AvgIpc) is 2.16. The molecule has 0 radical (unpaired) electrons. The van der Waals surface area contributed by atoms with Crippen LogP contribution in [0.2, 0.25) is 0 Å². The van der Waals surface area contributed by atoms with Gasteiger partial charge in [0.05, 0.1) is 12.7 Å². The van der Waals surface area contributed by atoms with E-state index >= 15 is 0 Å². The largest absolute Gasteiger partial charge is 0.398 e. The van der Waals surface area contributed by atoms with Gasteiger partial charge in [-0.2, -0.15) is 13.3 Å². The fourth-order valence-corrected chi connectivity index (χ4v) is 0.803. The number of hydrogen-bond acceptors (Lipinski definition) is 6. The van der Waals surface area contributed by atoms with Gasteiger partial charge in [0.25, 0.3) is 0 Å². The molecule has 0 aromatic heterocycles. The Labute approximate surface area is 97.5 Å². The molecule has 96 valence electrons. The van der Waals surface area contributed by atoms with Crippen molar-refractivity contribution in [1.29, 1.82) is 0 Å². The van der Waals surface area contributed by atoms with Gasteiger partial charge >= 0.3 is 16.4 Å². The van der Waals surface area contributed by atoms with Crippen LogP contribution in [0, 0.1) is 0 Å². The van der Waals surface area contributed by atoms with Gasteiger partial charge in [0, 0.05) is 5.69 Å². The minimum Gasteiger partial charge on any atom is -0.398 e. The number of nitrogens with two attached hydrogens (primary N) is 1. The zero-order chi connectivity index (χ0) is 13.5. The first-order valence-electron chi connectivity index (χ1n) is 4.05. The first-order valence-corrected chi connectivity index (χ1v) is 5.44. The molecule has 17 heavy (non-hydrogen) atoms. The lowest BCUT2D eigenvalue weighted by atomic mass is 10.2. The smallest absolute Gasteiger partial charge is 0.394 e.